The number of nitrogens with one attached hydrogen (secondary N) is 1. The van der Waals surface area contributed by atoms with Crippen molar-refractivity contribution >= 4 is 28.2 Å². The van der Waals surface area contributed by atoms with Gasteiger partial charge in [0.15, 0.2) is 0 Å². The molecule has 248 valence electrons. The fourth-order valence-corrected chi connectivity index (χ4v) is 4.14. The largest absolute Gasteiger partial charge is 0.465 e. The minimum atomic E-state index is -8.83. The number of carbonyl (C=O) groups excluding carboxylic acids is 2. The number of anilines is 1. The van der Waals surface area contributed by atoms with Crippen LogP contribution >= 0.6 is 11.3 Å². The van der Waals surface area contributed by atoms with Gasteiger partial charge in [0.05, 0.1) is 7.11 Å². The molecular formula is C22H12F17NO3S. The molecule has 0 unspecified atom stereocenters. The third-order valence-electron chi connectivity index (χ3n) is 5.78. The van der Waals surface area contributed by atoms with Gasteiger partial charge in [-0.05, 0) is 12.5 Å². The molecule has 0 spiro atoms. The van der Waals surface area contributed by atoms with Gasteiger partial charge in [-0.1, -0.05) is 29.8 Å². The molecule has 0 radical (unpaired) electrons. The van der Waals surface area contributed by atoms with Crippen LogP contribution in [0.1, 0.15) is 15.9 Å². The number of esters is 1. The number of benzene rings is 1. The third-order valence-corrected chi connectivity index (χ3v) is 6.67. The van der Waals surface area contributed by atoms with E-state index >= 15 is 0 Å². The zero-order valence-electron chi connectivity index (χ0n) is 20.9. The molecule has 4 nitrogen and oxygen atoms in total. The summed E-state index contributed by atoms with van der Waals surface area (Å²) in [6, 6.07) is 5.43. The maximum atomic E-state index is 14.4. The number of rotatable bonds is 10. The van der Waals surface area contributed by atoms with Crippen molar-refractivity contribution in [2.24, 2.45) is 0 Å². The van der Waals surface area contributed by atoms with Crippen molar-refractivity contribution in [2.45, 2.75) is 54.6 Å². The maximum absolute atomic E-state index is 14.4. The summed E-state index contributed by atoms with van der Waals surface area (Å²) in [6.45, 7) is 1.59. The van der Waals surface area contributed by atoms with E-state index in [1.807, 2.05) is 0 Å². The number of amides is 1. The monoisotopic (exact) mass is 693 g/mol. The number of halogens is 17. The first kappa shape index (κ1) is 36.9. The third kappa shape index (κ3) is 5.21. The number of carbonyl (C=O) groups is 2. The highest BCUT2D eigenvalue weighted by Gasteiger charge is 2.95. The highest BCUT2D eigenvalue weighted by atomic mass is 32.1. The van der Waals surface area contributed by atoms with Crippen LogP contribution in [0.5, 0.6) is 0 Å². The Balaban J connectivity index is 2.60. The van der Waals surface area contributed by atoms with Crippen LogP contribution in [0.4, 0.5) is 79.6 Å². The second kappa shape index (κ2) is 10.9. The van der Waals surface area contributed by atoms with Crippen LogP contribution in [0.15, 0.2) is 29.6 Å². The number of thiophene rings is 1. The molecule has 1 heterocycles. The van der Waals surface area contributed by atoms with Crippen molar-refractivity contribution in [1.82, 2.24) is 0 Å². The van der Waals surface area contributed by atoms with Gasteiger partial charge in [0.1, 0.15) is 10.6 Å². The average Bonchev–Trinajstić information content (AvgIpc) is 3.30. The van der Waals surface area contributed by atoms with Crippen LogP contribution in [0.25, 0.3) is 11.1 Å². The minimum absolute atomic E-state index is 0.0439. The zero-order chi connectivity index (χ0) is 34.7. The van der Waals surface area contributed by atoms with E-state index in [9.17, 15) is 84.2 Å². The number of hydrogen-bond donors (Lipinski definition) is 1. The van der Waals surface area contributed by atoms with E-state index in [0.29, 0.717) is 12.7 Å². The Kier molecular flexibility index (Phi) is 9.16. The fourth-order valence-electron chi connectivity index (χ4n) is 3.19. The van der Waals surface area contributed by atoms with E-state index in [1.165, 1.54) is 24.3 Å². The van der Waals surface area contributed by atoms with Crippen molar-refractivity contribution < 1.29 is 89.0 Å². The molecule has 1 aromatic carbocycles. The average molecular weight is 693 g/mol. The molecule has 0 saturated carbocycles. The Hall–Kier alpha value is -3.33. The molecule has 0 bridgehead atoms. The van der Waals surface area contributed by atoms with Crippen molar-refractivity contribution in [3.05, 3.63) is 40.8 Å². The Bertz CT molecular complexity index is 1400. The molecule has 0 aliphatic heterocycles. The molecule has 0 saturated heterocycles. The van der Waals surface area contributed by atoms with Gasteiger partial charge in [0, 0.05) is 10.9 Å². The fraction of sp³-hybridized carbons (Fsp3) is 0.455. The molecule has 0 fully saturated rings. The Morgan fingerprint density at radius 2 is 1.07 bits per heavy atom. The van der Waals surface area contributed by atoms with E-state index in [1.54, 1.807) is 6.92 Å². The van der Waals surface area contributed by atoms with Gasteiger partial charge in [-0.25, -0.2) is 4.79 Å². The van der Waals surface area contributed by atoms with Crippen LogP contribution in [-0.4, -0.2) is 66.6 Å². The Morgan fingerprint density at radius 3 is 1.48 bits per heavy atom. The minimum Gasteiger partial charge on any atom is -0.465 e. The van der Waals surface area contributed by atoms with Crippen LogP contribution in [0.2, 0.25) is 0 Å². The van der Waals surface area contributed by atoms with E-state index in [-0.39, 0.29) is 22.5 Å². The van der Waals surface area contributed by atoms with E-state index in [2.05, 4.69) is 4.74 Å². The lowest BCUT2D eigenvalue weighted by atomic mass is 9.89. The van der Waals surface area contributed by atoms with Crippen LogP contribution in [0.3, 0.4) is 0 Å². The quantitative estimate of drug-likeness (QED) is 0.201. The topological polar surface area (TPSA) is 55.4 Å². The van der Waals surface area contributed by atoms with Gasteiger partial charge in [-0.2, -0.15) is 74.6 Å². The molecule has 44 heavy (non-hydrogen) atoms. The smallest absolute Gasteiger partial charge is 0.460 e. The second-order valence-electron chi connectivity index (χ2n) is 8.68. The normalized spacial score (nSPS) is 14.4. The van der Waals surface area contributed by atoms with Gasteiger partial charge >= 0.3 is 59.5 Å². The highest BCUT2D eigenvalue weighted by molar-refractivity contribution is 7.15. The van der Waals surface area contributed by atoms with Crippen molar-refractivity contribution in [3.8, 4) is 11.1 Å². The lowest BCUT2D eigenvalue weighted by Gasteiger charge is -2.42. The molecule has 2 aromatic rings. The highest BCUT2D eigenvalue weighted by Crippen LogP contribution is 2.64. The molecule has 0 aliphatic rings. The Labute approximate surface area is 236 Å². The second-order valence-corrected chi connectivity index (χ2v) is 9.56. The summed E-state index contributed by atoms with van der Waals surface area (Å²) < 4.78 is 234. The summed E-state index contributed by atoms with van der Waals surface area (Å²) in [5, 5.41) is 0.443. The first-order chi connectivity index (χ1) is 19.5. The number of alkyl halides is 17. The van der Waals surface area contributed by atoms with Gasteiger partial charge in [-0.3, -0.25) is 4.79 Å². The molecule has 1 aromatic heterocycles. The SMILES string of the molecule is COC(=O)c1c(-c2ccc(C)cc2)csc1NC(=O)C(F)(F)C(F)(F)C(F)(F)C(F)(F)C(F)(F)C(F)(F)C(F)(F)C(F)(F)F. The van der Waals surface area contributed by atoms with Gasteiger partial charge in [-0.15, -0.1) is 11.3 Å². The van der Waals surface area contributed by atoms with Crippen LogP contribution in [0, 0.1) is 6.92 Å². The summed E-state index contributed by atoms with van der Waals surface area (Å²) >= 11 is 0.0439. The van der Waals surface area contributed by atoms with Crippen molar-refractivity contribution in [1.29, 1.82) is 0 Å². The van der Waals surface area contributed by atoms with E-state index in [4.69, 9.17) is 0 Å². The number of aryl methyl sites for hydroxylation is 1. The maximum Gasteiger partial charge on any atom is 0.460 e. The van der Waals surface area contributed by atoms with Crippen LogP contribution in [-0.2, 0) is 9.53 Å². The standard InChI is InChI=1S/C22H12F17NO3S/c1-8-3-5-9(6-4-8)10-7-44-12(11(10)13(41)43-2)40-14(42)15(23,24)16(25,26)17(27,28)18(29,30)19(31,32)20(33,34)21(35,36)22(37,38)39/h3-7H,1-2H3,(H,40,42). The molecule has 0 aliphatic carbocycles. The number of methoxy groups -OCH3 is 1. The summed E-state index contributed by atoms with van der Waals surface area (Å²) in [4.78, 5) is 24.2. The van der Waals surface area contributed by atoms with Crippen LogP contribution < -0.4 is 5.32 Å². The first-order valence-electron chi connectivity index (χ1n) is 10.8. The predicted octanol–water partition coefficient (Wildman–Crippen LogP) is 8.46. The van der Waals surface area contributed by atoms with Crippen molar-refractivity contribution in [2.75, 3.05) is 12.4 Å². The first-order valence-corrected chi connectivity index (χ1v) is 11.7. The molecule has 0 atom stereocenters. The van der Waals surface area contributed by atoms with Gasteiger partial charge < -0.3 is 10.1 Å². The Morgan fingerprint density at radius 1 is 0.659 bits per heavy atom. The lowest BCUT2D eigenvalue weighted by molar-refractivity contribution is -0.459. The number of hydrogen-bond acceptors (Lipinski definition) is 4. The molecule has 1 amide bonds. The van der Waals surface area contributed by atoms with E-state index < -0.39 is 70.1 Å². The zero-order valence-corrected chi connectivity index (χ0v) is 21.8. The predicted molar refractivity (Wildman–Crippen MR) is 115 cm³/mol. The summed E-state index contributed by atoms with van der Waals surface area (Å²) in [5.41, 5.74) is -0.514. The van der Waals surface area contributed by atoms with Gasteiger partial charge in [0.25, 0.3) is 0 Å². The molecule has 2 rings (SSSR count). The summed E-state index contributed by atoms with van der Waals surface area (Å²) in [5.74, 6) is -64.1. The molecule has 22 heteroatoms. The van der Waals surface area contributed by atoms with Crippen molar-refractivity contribution in [3.63, 3.8) is 0 Å². The lowest BCUT2D eigenvalue weighted by Crippen LogP contribution is -2.75. The summed E-state index contributed by atoms with van der Waals surface area (Å²) in [7, 11) is 0.675. The molecule has 1 N–H and O–H groups in total. The molecular weight excluding hydrogens is 681 g/mol. The summed E-state index contributed by atoms with van der Waals surface area (Å²) in [6.07, 6.45) is -7.88. The number of ether oxygens (including phenoxy) is 1. The van der Waals surface area contributed by atoms with Gasteiger partial charge in [0.2, 0.25) is 0 Å². The van der Waals surface area contributed by atoms with E-state index in [0.717, 1.165) is 10.7 Å².